The summed E-state index contributed by atoms with van der Waals surface area (Å²) in [6.07, 6.45) is 0.104. The molecule has 19 heavy (non-hydrogen) atoms. The summed E-state index contributed by atoms with van der Waals surface area (Å²) < 4.78 is 5.64. The Balaban J connectivity index is 2.44. The molecule has 1 aromatic carbocycles. The predicted octanol–water partition coefficient (Wildman–Crippen LogP) is 5.50. The lowest BCUT2D eigenvalue weighted by atomic mass is 10.1. The van der Waals surface area contributed by atoms with Crippen LogP contribution in [0.3, 0.4) is 0 Å². The smallest absolute Gasteiger partial charge is 0.148 e. The Morgan fingerprint density at radius 2 is 1.79 bits per heavy atom. The third-order valence-electron chi connectivity index (χ3n) is 2.37. The van der Waals surface area contributed by atoms with Crippen LogP contribution in [0.4, 0.5) is 0 Å². The van der Waals surface area contributed by atoms with Crippen LogP contribution in [0.25, 0.3) is 11.3 Å². The predicted molar refractivity (Wildman–Crippen MR) is 80.5 cm³/mol. The quantitative estimate of drug-likeness (QED) is 0.698. The van der Waals surface area contributed by atoms with Crippen LogP contribution in [0.2, 0.25) is 15.2 Å². The second-order valence-corrected chi connectivity index (χ2v) is 5.46. The first-order chi connectivity index (χ1) is 8.97. The first kappa shape index (κ1) is 14.4. The summed E-state index contributed by atoms with van der Waals surface area (Å²) in [5, 5.41) is 1.03. The third-order valence-corrected chi connectivity index (χ3v) is 3.33. The molecule has 0 spiro atoms. The molecule has 0 amide bonds. The van der Waals surface area contributed by atoms with Gasteiger partial charge in [-0.3, -0.25) is 0 Å². The maximum Gasteiger partial charge on any atom is 0.148 e. The fourth-order valence-electron chi connectivity index (χ4n) is 1.64. The number of ether oxygens (including phenoxy) is 1. The topological polar surface area (TPSA) is 22.1 Å². The number of pyridine rings is 1. The highest BCUT2D eigenvalue weighted by Gasteiger charge is 2.11. The van der Waals surface area contributed by atoms with Gasteiger partial charge in [0, 0.05) is 5.56 Å². The zero-order valence-corrected chi connectivity index (χ0v) is 12.7. The standard InChI is InChI=1S/C14H12Cl3NO/c1-8(2)19-10-5-3-4-9(6-10)13-11(15)7-12(16)14(17)18-13/h3-8H,1-2H3. The average Bonchev–Trinajstić information content (AvgIpc) is 2.33. The Hall–Kier alpha value is -0.960. The molecule has 0 bridgehead atoms. The van der Waals surface area contributed by atoms with E-state index >= 15 is 0 Å². The Morgan fingerprint density at radius 3 is 2.47 bits per heavy atom. The highest BCUT2D eigenvalue weighted by Crippen LogP contribution is 2.33. The second-order valence-electron chi connectivity index (χ2n) is 4.29. The van der Waals surface area contributed by atoms with Crippen LogP contribution in [0, 0.1) is 0 Å². The molecule has 0 atom stereocenters. The lowest BCUT2D eigenvalue weighted by Gasteiger charge is -2.11. The molecule has 0 fully saturated rings. The van der Waals surface area contributed by atoms with Gasteiger partial charge in [-0.2, -0.15) is 0 Å². The van der Waals surface area contributed by atoms with Gasteiger partial charge in [-0.25, -0.2) is 4.98 Å². The number of hydrogen-bond donors (Lipinski definition) is 0. The van der Waals surface area contributed by atoms with Gasteiger partial charge >= 0.3 is 0 Å². The van der Waals surface area contributed by atoms with Crippen LogP contribution in [0.5, 0.6) is 5.75 Å². The van der Waals surface area contributed by atoms with Crippen molar-refractivity contribution in [2.75, 3.05) is 0 Å². The number of rotatable bonds is 3. The van der Waals surface area contributed by atoms with Gasteiger partial charge < -0.3 is 4.74 Å². The first-order valence-corrected chi connectivity index (χ1v) is 6.89. The van der Waals surface area contributed by atoms with Crippen molar-refractivity contribution in [1.29, 1.82) is 0 Å². The van der Waals surface area contributed by atoms with Crippen molar-refractivity contribution in [2.45, 2.75) is 20.0 Å². The minimum absolute atomic E-state index is 0.104. The van der Waals surface area contributed by atoms with Crippen LogP contribution in [0.15, 0.2) is 30.3 Å². The van der Waals surface area contributed by atoms with Gasteiger partial charge in [-0.15, -0.1) is 0 Å². The molecule has 100 valence electrons. The molecule has 2 rings (SSSR count). The van der Waals surface area contributed by atoms with Gasteiger partial charge in [0.1, 0.15) is 10.9 Å². The number of halogens is 3. The largest absolute Gasteiger partial charge is 0.491 e. The lowest BCUT2D eigenvalue weighted by molar-refractivity contribution is 0.242. The van der Waals surface area contributed by atoms with Crippen LogP contribution in [-0.4, -0.2) is 11.1 Å². The third kappa shape index (κ3) is 3.53. The molecule has 1 aromatic heterocycles. The fourth-order valence-corrected chi connectivity index (χ4v) is 2.24. The summed E-state index contributed by atoms with van der Waals surface area (Å²) in [5.41, 5.74) is 1.42. The maximum atomic E-state index is 6.15. The summed E-state index contributed by atoms with van der Waals surface area (Å²) >= 11 is 17.9. The highest BCUT2D eigenvalue weighted by atomic mass is 35.5. The minimum Gasteiger partial charge on any atom is -0.491 e. The Bertz CT molecular complexity index is 599. The molecule has 0 N–H and O–H groups in total. The van der Waals surface area contributed by atoms with E-state index in [2.05, 4.69) is 4.98 Å². The van der Waals surface area contributed by atoms with Gasteiger partial charge in [0.2, 0.25) is 0 Å². The SMILES string of the molecule is CC(C)Oc1cccc(-c2nc(Cl)c(Cl)cc2Cl)c1. The van der Waals surface area contributed by atoms with Crippen molar-refractivity contribution >= 4 is 34.8 Å². The van der Waals surface area contributed by atoms with E-state index in [1.165, 1.54) is 0 Å². The van der Waals surface area contributed by atoms with Gasteiger partial charge in [0.15, 0.2) is 0 Å². The zero-order chi connectivity index (χ0) is 14.0. The van der Waals surface area contributed by atoms with Gasteiger partial charge in [0.05, 0.1) is 21.8 Å². The zero-order valence-electron chi connectivity index (χ0n) is 10.5. The molecule has 0 aliphatic heterocycles. The van der Waals surface area contributed by atoms with Crippen molar-refractivity contribution in [2.24, 2.45) is 0 Å². The summed E-state index contributed by atoms with van der Waals surface area (Å²) in [6, 6.07) is 9.12. The molecule has 0 saturated heterocycles. The maximum absolute atomic E-state index is 6.15. The summed E-state index contributed by atoms with van der Waals surface area (Å²) in [4.78, 5) is 4.21. The van der Waals surface area contributed by atoms with E-state index in [1.807, 2.05) is 38.1 Å². The number of nitrogens with zero attached hydrogens (tertiary/aromatic N) is 1. The van der Waals surface area contributed by atoms with Crippen molar-refractivity contribution < 1.29 is 4.74 Å². The van der Waals surface area contributed by atoms with Crippen molar-refractivity contribution in [3.05, 3.63) is 45.5 Å². The van der Waals surface area contributed by atoms with Crippen LogP contribution in [-0.2, 0) is 0 Å². The molecule has 2 nitrogen and oxygen atoms in total. The summed E-state index contributed by atoms with van der Waals surface area (Å²) in [6.45, 7) is 3.94. The molecule has 0 aliphatic rings. The van der Waals surface area contributed by atoms with E-state index in [-0.39, 0.29) is 11.3 Å². The molecule has 0 unspecified atom stereocenters. The van der Waals surface area contributed by atoms with Gasteiger partial charge in [-0.05, 0) is 32.0 Å². The molecular formula is C14H12Cl3NO. The van der Waals surface area contributed by atoms with E-state index in [9.17, 15) is 0 Å². The normalized spacial score (nSPS) is 10.8. The van der Waals surface area contributed by atoms with Crippen molar-refractivity contribution in [3.63, 3.8) is 0 Å². The van der Waals surface area contributed by atoms with E-state index in [0.29, 0.717) is 15.7 Å². The van der Waals surface area contributed by atoms with Crippen LogP contribution >= 0.6 is 34.8 Å². The first-order valence-electron chi connectivity index (χ1n) is 5.76. The molecule has 0 radical (unpaired) electrons. The average molecular weight is 317 g/mol. The van der Waals surface area contributed by atoms with Crippen LogP contribution in [0.1, 0.15) is 13.8 Å². The highest BCUT2D eigenvalue weighted by molar-refractivity contribution is 6.42. The Morgan fingerprint density at radius 1 is 1.05 bits per heavy atom. The molecule has 0 aliphatic carbocycles. The van der Waals surface area contributed by atoms with E-state index in [4.69, 9.17) is 39.5 Å². The number of benzene rings is 1. The Kier molecular flexibility index (Phi) is 4.56. The van der Waals surface area contributed by atoms with Crippen molar-refractivity contribution in [1.82, 2.24) is 4.98 Å². The molecule has 5 heteroatoms. The monoisotopic (exact) mass is 315 g/mol. The molecule has 1 heterocycles. The van der Waals surface area contributed by atoms with E-state index < -0.39 is 0 Å². The minimum atomic E-state index is 0.104. The van der Waals surface area contributed by atoms with Gasteiger partial charge in [0.25, 0.3) is 0 Å². The van der Waals surface area contributed by atoms with Crippen LogP contribution < -0.4 is 4.74 Å². The fraction of sp³-hybridized carbons (Fsp3) is 0.214. The number of hydrogen-bond acceptors (Lipinski definition) is 2. The molecule has 0 saturated carbocycles. The van der Waals surface area contributed by atoms with E-state index in [0.717, 1.165) is 11.3 Å². The lowest BCUT2D eigenvalue weighted by Crippen LogP contribution is -2.05. The summed E-state index contributed by atoms with van der Waals surface area (Å²) in [7, 11) is 0. The molecule has 2 aromatic rings. The van der Waals surface area contributed by atoms with E-state index in [1.54, 1.807) is 6.07 Å². The summed E-state index contributed by atoms with van der Waals surface area (Å²) in [5.74, 6) is 0.761. The second kappa shape index (κ2) is 6.00. The number of aromatic nitrogens is 1. The Labute approximate surface area is 127 Å². The van der Waals surface area contributed by atoms with Crippen molar-refractivity contribution in [3.8, 4) is 17.0 Å². The molecular weight excluding hydrogens is 305 g/mol. The van der Waals surface area contributed by atoms with Gasteiger partial charge in [-0.1, -0.05) is 46.9 Å².